The van der Waals surface area contributed by atoms with Crippen LogP contribution in [0.2, 0.25) is 0 Å². The number of carbonyl (C=O) groups excluding carboxylic acids is 1. The number of primary amides is 1. The van der Waals surface area contributed by atoms with Gasteiger partial charge in [-0.1, -0.05) is 0 Å². The summed E-state index contributed by atoms with van der Waals surface area (Å²) < 4.78 is 5.19. The maximum atomic E-state index is 11.3. The van der Waals surface area contributed by atoms with Gasteiger partial charge in [0.2, 0.25) is 0 Å². The molecular formula is C10H14N4O2. The molecule has 1 saturated heterocycles. The summed E-state index contributed by atoms with van der Waals surface area (Å²) in [5, 5.41) is 10.3. The molecule has 1 fully saturated rings. The van der Waals surface area contributed by atoms with Gasteiger partial charge in [0.1, 0.15) is 0 Å². The molecule has 1 amide bonds. The summed E-state index contributed by atoms with van der Waals surface area (Å²) in [5.74, 6) is -0.0406. The van der Waals surface area contributed by atoms with Crippen LogP contribution in [-0.4, -0.2) is 35.9 Å². The molecule has 0 spiro atoms. The lowest BCUT2D eigenvalue weighted by Crippen LogP contribution is -2.43. The van der Waals surface area contributed by atoms with Crippen molar-refractivity contribution in [1.29, 1.82) is 0 Å². The van der Waals surface area contributed by atoms with Crippen molar-refractivity contribution in [3.05, 3.63) is 17.0 Å². The van der Waals surface area contributed by atoms with Gasteiger partial charge in [0.25, 0.3) is 5.91 Å². The monoisotopic (exact) mass is 222 g/mol. The van der Waals surface area contributed by atoms with E-state index in [0.717, 1.165) is 37.4 Å². The normalized spacial score (nSPS) is 24.9. The molecule has 2 aliphatic rings. The molecule has 2 aliphatic heterocycles. The number of aromatic amines is 1. The zero-order valence-corrected chi connectivity index (χ0v) is 8.82. The second-order valence-corrected chi connectivity index (χ2v) is 4.31. The summed E-state index contributed by atoms with van der Waals surface area (Å²) in [6.45, 7) is 2.37. The minimum Gasteiger partial charge on any atom is -0.381 e. The van der Waals surface area contributed by atoms with Crippen LogP contribution in [0.5, 0.6) is 0 Å². The number of H-pyrrole nitrogens is 1. The second-order valence-electron chi connectivity index (χ2n) is 4.31. The van der Waals surface area contributed by atoms with Gasteiger partial charge in [-0.05, 0) is 0 Å². The fraction of sp³-hybridized carbons (Fsp3) is 0.600. The molecule has 3 heterocycles. The lowest BCUT2D eigenvalue weighted by molar-refractivity contribution is -0.0513. The smallest absolute Gasteiger partial charge is 0.269 e. The van der Waals surface area contributed by atoms with Crippen LogP contribution in [0, 0.1) is 5.92 Å². The van der Waals surface area contributed by atoms with E-state index < -0.39 is 5.91 Å². The van der Waals surface area contributed by atoms with Crippen LogP contribution >= 0.6 is 0 Å². The number of ether oxygens (including phenoxy) is 1. The van der Waals surface area contributed by atoms with Crippen molar-refractivity contribution in [3.8, 4) is 0 Å². The molecule has 16 heavy (non-hydrogen) atoms. The minimum atomic E-state index is -0.466. The largest absolute Gasteiger partial charge is 0.381 e. The van der Waals surface area contributed by atoms with Crippen molar-refractivity contribution in [1.82, 2.24) is 15.5 Å². The number of fused-ring (bicyclic) bond motifs is 1. The second kappa shape index (κ2) is 3.57. The lowest BCUT2D eigenvalue weighted by atomic mass is 9.87. The summed E-state index contributed by atoms with van der Waals surface area (Å²) in [5.41, 5.74) is 7.68. The topological polar surface area (TPSA) is 93.0 Å². The van der Waals surface area contributed by atoms with E-state index in [2.05, 4.69) is 15.5 Å². The van der Waals surface area contributed by atoms with Crippen LogP contribution in [0.25, 0.3) is 0 Å². The number of nitrogens with two attached hydrogens (primary N) is 1. The third-order valence-corrected chi connectivity index (χ3v) is 3.30. The van der Waals surface area contributed by atoms with E-state index in [9.17, 15) is 4.79 Å². The van der Waals surface area contributed by atoms with Crippen molar-refractivity contribution >= 4 is 5.91 Å². The molecule has 0 radical (unpaired) electrons. The summed E-state index contributed by atoms with van der Waals surface area (Å²) in [4.78, 5) is 11.3. The van der Waals surface area contributed by atoms with E-state index in [1.807, 2.05) is 0 Å². The van der Waals surface area contributed by atoms with E-state index in [1.165, 1.54) is 0 Å². The Kier molecular flexibility index (Phi) is 2.19. The number of hydrogen-bond acceptors (Lipinski definition) is 4. The zero-order chi connectivity index (χ0) is 11.1. The molecule has 0 aliphatic carbocycles. The van der Waals surface area contributed by atoms with Crippen LogP contribution in [0.4, 0.5) is 0 Å². The highest BCUT2D eigenvalue weighted by atomic mass is 16.5. The molecule has 1 unspecified atom stereocenters. The predicted molar refractivity (Wildman–Crippen MR) is 55.9 cm³/mol. The zero-order valence-electron chi connectivity index (χ0n) is 8.82. The summed E-state index contributed by atoms with van der Waals surface area (Å²) in [6, 6.07) is 0.152. The van der Waals surface area contributed by atoms with Crippen molar-refractivity contribution in [2.24, 2.45) is 11.7 Å². The Morgan fingerprint density at radius 1 is 1.50 bits per heavy atom. The third-order valence-electron chi connectivity index (χ3n) is 3.30. The Morgan fingerprint density at radius 3 is 2.94 bits per heavy atom. The van der Waals surface area contributed by atoms with Gasteiger partial charge < -0.3 is 15.8 Å². The molecule has 1 aromatic heterocycles. The Balaban J connectivity index is 2.00. The van der Waals surface area contributed by atoms with Crippen molar-refractivity contribution in [3.63, 3.8) is 0 Å². The first kappa shape index (κ1) is 9.80. The molecule has 86 valence electrons. The van der Waals surface area contributed by atoms with Gasteiger partial charge >= 0.3 is 0 Å². The molecule has 0 bridgehead atoms. The van der Waals surface area contributed by atoms with Crippen molar-refractivity contribution in [2.75, 3.05) is 19.8 Å². The Labute approximate surface area is 92.5 Å². The molecule has 1 atom stereocenters. The maximum absolute atomic E-state index is 11.3. The molecule has 0 aromatic carbocycles. The highest BCUT2D eigenvalue weighted by Crippen LogP contribution is 2.33. The number of carbonyl (C=O) groups is 1. The van der Waals surface area contributed by atoms with Gasteiger partial charge in [-0.15, -0.1) is 0 Å². The van der Waals surface area contributed by atoms with Gasteiger partial charge in [-0.25, -0.2) is 0 Å². The van der Waals surface area contributed by atoms with E-state index in [0.29, 0.717) is 11.6 Å². The quantitative estimate of drug-likeness (QED) is 0.619. The van der Waals surface area contributed by atoms with Crippen LogP contribution in [0.3, 0.4) is 0 Å². The highest BCUT2D eigenvalue weighted by Gasteiger charge is 2.36. The average Bonchev–Trinajstić information content (AvgIpc) is 2.59. The van der Waals surface area contributed by atoms with Gasteiger partial charge in [-0.3, -0.25) is 9.89 Å². The minimum absolute atomic E-state index is 0.152. The average molecular weight is 222 g/mol. The summed E-state index contributed by atoms with van der Waals surface area (Å²) in [7, 11) is 0. The Morgan fingerprint density at radius 2 is 2.31 bits per heavy atom. The van der Waals surface area contributed by atoms with Crippen molar-refractivity contribution < 1.29 is 9.53 Å². The Bertz CT molecular complexity index is 424. The first-order valence-electron chi connectivity index (χ1n) is 5.45. The number of nitrogens with one attached hydrogen (secondary N) is 2. The molecule has 1 aromatic rings. The molecular weight excluding hydrogens is 208 g/mol. The van der Waals surface area contributed by atoms with Crippen LogP contribution in [0.15, 0.2) is 0 Å². The fourth-order valence-electron chi connectivity index (χ4n) is 2.40. The number of rotatable bonds is 2. The summed E-state index contributed by atoms with van der Waals surface area (Å²) >= 11 is 0. The first-order valence-corrected chi connectivity index (χ1v) is 5.45. The predicted octanol–water partition coefficient (Wildman–Crippen LogP) is -0.658. The maximum Gasteiger partial charge on any atom is 0.269 e. The number of nitrogens with zero attached hydrogens (tertiary/aromatic N) is 1. The van der Waals surface area contributed by atoms with Crippen LogP contribution < -0.4 is 11.1 Å². The number of aromatic nitrogens is 2. The van der Waals surface area contributed by atoms with E-state index in [1.54, 1.807) is 0 Å². The van der Waals surface area contributed by atoms with E-state index >= 15 is 0 Å². The van der Waals surface area contributed by atoms with Gasteiger partial charge in [0, 0.05) is 36.2 Å². The standard InChI is InChI=1S/C10H14N4O2/c11-10(15)9-7-6(13-14-9)1-2-12-8(7)5-3-16-4-5/h5,8,12H,1-4H2,(H2,11,15)(H,13,14). The molecule has 3 rings (SSSR count). The van der Waals surface area contributed by atoms with Gasteiger partial charge in [-0.2, -0.15) is 5.10 Å². The summed E-state index contributed by atoms with van der Waals surface area (Å²) in [6.07, 6.45) is 0.861. The molecule has 0 saturated carbocycles. The molecule has 4 N–H and O–H groups in total. The number of amides is 1. The molecule has 6 heteroatoms. The Hall–Kier alpha value is -1.40. The lowest BCUT2D eigenvalue weighted by Gasteiger charge is -2.36. The van der Waals surface area contributed by atoms with E-state index in [-0.39, 0.29) is 6.04 Å². The third kappa shape index (κ3) is 1.34. The van der Waals surface area contributed by atoms with Crippen molar-refractivity contribution in [2.45, 2.75) is 12.5 Å². The first-order chi connectivity index (χ1) is 7.77. The molecule has 6 nitrogen and oxygen atoms in total. The van der Waals surface area contributed by atoms with Gasteiger partial charge in [0.05, 0.1) is 13.2 Å². The fourth-order valence-corrected chi connectivity index (χ4v) is 2.40. The van der Waals surface area contributed by atoms with Crippen LogP contribution in [0.1, 0.15) is 27.8 Å². The van der Waals surface area contributed by atoms with Crippen LogP contribution in [-0.2, 0) is 11.2 Å². The van der Waals surface area contributed by atoms with E-state index in [4.69, 9.17) is 10.5 Å². The SMILES string of the molecule is NC(=O)c1n[nH]c2c1C(C1COC1)NCC2. The van der Waals surface area contributed by atoms with Gasteiger partial charge in [0.15, 0.2) is 5.69 Å². The number of hydrogen-bond donors (Lipinski definition) is 3. The highest BCUT2D eigenvalue weighted by molar-refractivity contribution is 5.92.